The highest BCUT2D eigenvalue weighted by Gasteiger charge is 2.39. The van der Waals surface area contributed by atoms with Crippen molar-refractivity contribution in [1.29, 1.82) is 0 Å². The molecule has 1 atom stereocenters. The SMILES string of the molecule is CCN(CC)C(=O)[C@@H](C1CCCC1)N1CCN(C(=O)C2CCCC2)CC1. The first-order valence-corrected chi connectivity index (χ1v) is 11.0. The third-order valence-electron chi connectivity index (χ3n) is 6.90. The van der Waals surface area contributed by atoms with E-state index < -0.39 is 0 Å². The molecule has 0 aromatic heterocycles. The monoisotopic (exact) mass is 363 g/mol. The number of nitrogens with zero attached hydrogens (tertiary/aromatic N) is 3. The summed E-state index contributed by atoms with van der Waals surface area (Å²) < 4.78 is 0. The summed E-state index contributed by atoms with van der Waals surface area (Å²) in [7, 11) is 0. The van der Waals surface area contributed by atoms with Gasteiger partial charge in [0.25, 0.3) is 0 Å². The maximum absolute atomic E-state index is 13.2. The van der Waals surface area contributed by atoms with E-state index in [1.165, 1.54) is 38.5 Å². The average molecular weight is 364 g/mol. The van der Waals surface area contributed by atoms with Crippen LogP contribution in [0.3, 0.4) is 0 Å². The second-order valence-corrected chi connectivity index (χ2v) is 8.34. The van der Waals surface area contributed by atoms with E-state index in [0.29, 0.717) is 17.7 Å². The highest BCUT2D eigenvalue weighted by Crippen LogP contribution is 2.32. The normalized spacial score (nSPS) is 24.2. The molecule has 0 aromatic carbocycles. The Morgan fingerprint density at radius 1 is 0.885 bits per heavy atom. The number of piperazine rings is 1. The number of likely N-dealkylation sites (N-methyl/N-ethyl adjacent to an activating group) is 1. The standard InChI is InChI=1S/C21H37N3O2/c1-3-22(4-2)21(26)19(17-9-5-6-10-17)23-13-15-24(16-14-23)20(25)18-11-7-8-12-18/h17-19H,3-16H2,1-2H3/t19-/m1/s1. The van der Waals surface area contributed by atoms with Crippen molar-refractivity contribution in [3.8, 4) is 0 Å². The van der Waals surface area contributed by atoms with E-state index in [1.54, 1.807) is 0 Å². The minimum absolute atomic E-state index is 0.0288. The highest BCUT2D eigenvalue weighted by atomic mass is 16.2. The molecular weight excluding hydrogens is 326 g/mol. The van der Waals surface area contributed by atoms with Gasteiger partial charge in [0.15, 0.2) is 0 Å². The Morgan fingerprint density at radius 2 is 1.42 bits per heavy atom. The Kier molecular flexibility index (Phi) is 6.96. The number of amides is 2. The van der Waals surface area contributed by atoms with Crippen LogP contribution >= 0.6 is 0 Å². The quantitative estimate of drug-likeness (QED) is 0.729. The molecule has 3 fully saturated rings. The largest absolute Gasteiger partial charge is 0.342 e. The summed E-state index contributed by atoms with van der Waals surface area (Å²) in [6.07, 6.45) is 9.43. The van der Waals surface area contributed by atoms with Crippen LogP contribution in [0.1, 0.15) is 65.2 Å². The molecule has 2 aliphatic carbocycles. The molecule has 5 heteroatoms. The highest BCUT2D eigenvalue weighted by molar-refractivity contribution is 5.82. The van der Waals surface area contributed by atoms with Gasteiger partial charge in [-0.1, -0.05) is 25.7 Å². The van der Waals surface area contributed by atoms with E-state index in [0.717, 1.165) is 52.1 Å². The van der Waals surface area contributed by atoms with Gasteiger partial charge in [-0.2, -0.15) is 0 Å². The molecule has 0 unspecified atom stereocenters. The van der Waals surface area contributed by atoms with Crippen LogP contribution in [0.25, 0.3) is 0 Å². The van der Waals surface area contributed by atoms with Crippen molar-refractivity contribution in [2.45, 2.75) is 71.3 Å². The molecule has 0 bridgehead atoms. The van der Waals surface area contributed by atoms with E-state index >= 15 is 0 Å². The topological polar surface area (TPSA) is 43.9 Å². The first kappa shape index (κ1) is 19.7. The van der Waals surface area contributed by atoms with E-state index in [-0.39, 0.29) is 12.0 Å². The maximum atomic E-state index is 13.2. The Hall–Kier alpha value is -1.10. The second kappa shape index (κ2) is 9.20. The van der Waals surface area contributed by atoms with Crippen LogP contribution < -0.4 is 0 Å². The van der Waals surface area contributed by atoms with Crippen molar-refractivity contribution in [3.05, 3.63) is 0 Å². The summed E-state index contributed by atoms with van der Waals surface area (Å²) in [5.41, 5.74) is 0. The number of rotatable bonds is 6. The first-order chi connectivity index (χ1) is 12.7. The van der Waals surface area contributed by atoms with Crippen molar-refractivity contribution in [2.75, 3.05) is 39.3 Å². The van der Waals surface area contributed by atoms with Crippen LogP contribution in [0.4, 0.5) is 0 Å². The lowest BCUT2D eigenvalue weighted by atomic mass is 9.94. The molecule has 2 saturated carbocycles. The fourth-order valence-corrected chi connectivity index (χ4v) is 5.30. The molecule has 1 saturated heterocycles. The zero-order chi connectivity index (χ0) is 18.5. The van der Waals surface area contributed by atoms with Gasteiger partial charge in [-0.25, -0.2) is 0 Å². The third-order valence-corrected chi connectivity index (χ3v) is 6.90. The van der Waals surface area contributed by atoms with Crippen molar-refractivity contribution in [3.63, 3.8) is 0 Å². The molecule has 5 nitrogen and oxygen atoms in total. The minimum atomic E-state index is 0.0288. The fraction of sp³-hybridized carbons (Fsp3) is 0.905. The summed E-state index contributed by atoms with van der Waals surface area (Å²) in [6, 6.07) is 0.0288. The Bertz CT molecular complexity index is 472. The summed E-state index contributed by atoms with van der Waals surface area (Å²) in [5, 5.41) is 0. The van der Waals surface area contributed by atoms with Crippen LogP contribution in [0.2, 0.25) is 0 Å². The lowest BCUT2D eigenvalue weighted by Gasteiger charge is -2.42. The van der Waals surface area contributed by atoms with Gasteiger partial charge in [-0.15, -0.1) is 0 Å². The number of hydrogen-bond acceptors (Lipinski definition) is 3. The lowest BCUT2D eigenvalue weighted by molar-refractivity contribution is -0.142. The van der Waals surface area contributed by atoms with Crippen LogP contribution in [0, 0.1) is 11.8 Å². The molecule has 2 amide bonds. The first-order valence-electron chi connectivity index (χ1n) is 11.0. The van der Waals surface area contributed by atoms with Gasteiger partial charge in [-0.3, -0.25) is 14.5 Å². The lowest BCUT2D eigenvalue weighted by Crippen LogP contribution is -2.59. The molecule has 0 spiro atoms. The van der Waals surface area contributed by atoms with E-state index in [9.17, 15) is 9.59 Å². The molecule has 1 aliphatic heterocycles. The molecule has 3 rings (SSSR count). The Balaban J connectivity index is 1.62. The van der Waals surface area contributed by atoms with Gasteiger partial charge >= 0.3 is 0 Å². The summed E-state index contributed by atoms with van der Waals surface area (Å²) in [4.78, 5) is 32.4. The zero-order valence-corrected chi connectivity index (χ0v) is 16.8. The van der Waals surface area contributed by atoms with Crippen molar-refractivity contribution in [1.82, 2.24) is 14.7 Å². The molecule has 148 valence electrons. The van der Waals surface area contributed by atoms with E-state index in [2.05, 4.69) is 23.6 Å². The summed E-state index contributed by atoms with van der Waals surface area (Å²) >= 11 is 0. The van der Waals surface area contributed by atoms with Crippen molar-refractivity contribution < 1.29 is 9.59 Å². The average Bonchev–Trinajstić information content (AvgIpc) is 3.37. The number of hydrogen-bond donors (Lipinski definition) is 0. The maximum Gasteiger partial charge on any atom is 0.240 e. The molecule has 0 radical (unpaired) electrons. The third kappa shape index (κ3) is 4.24. The zero-order valence-electron chi connectivity index (χ0n) is 16.8. The van der Waals surface area contributed by atoms with E-state index in [4.69, 9.17) is 0 Å². The minimum Gasteiger partial charge on any atom is -0.342 e. The van der Waals surface area contributed by atoms with Gasteiger partial charge in [0, 0.05) is 45.2 Å². The number of carbonyl (C=O) groups excluding carboxylic acids is 2. The van der Waals surface area contributed by atoms with Gasteiger partial charge in [0.1, 0.15) is 0 Å². The van der Waals surface area contributed by atoms with E-state index in [1.807, 2.05) is 4.90 Å². The second-order valence-electron chi connectivity index (χ2n) is 8.34. The van der Waals surface area contributed by atoms with Crippen LogP contribution in [0.15, 0.2) is 0 Å². The molecular formula is C21H37N3O2. The molecule has 26 heavy (non-hydrogen) atoms. The molecule has 1 heterocycles. The Morgan fingerprint density at radius 3 is 1.96 bits per heavy atom. The van der Waals surface area contributed by atoms with Gasteiger partial charge < -0.3 is 9.80 Å². The van der Waals surface area contributed by atoms with Gasteiger partial charge in [0.2, 0.25) is 11.8 Å². The van der Waals surface area contributed by atoms with Crippen LogP contribution in [0.5, 0.6) is 0 Å². The molecule has 0 aromatic rings. The van der Waals surface area contributed by atoms with Gasteiger partial charge in [-0.05, 0) is 45.4 Å². The number of carbonyl (C=O) groups is 2. The van der Waals surface area contributed by atoms with Crippen molar-refractivity contribution >= 4 is 11.8 Å². The van der Waals surface area contributed by atoms with Gasteiger partial charge in [0.05, 0.1) is 6.04 Å². The smallest absolute Gasteiger partial charge is 0.240 e. The predicted molar refractivity (Wildman–Crippen MR) is 104 cm³/mol. The Labute approximate surface area is 159 Å². The van der Waals surface area contributed by atoms with Crippen LogP contribution in [-0.4, -0.2) is 71.8 Å². The summed E-state index contributed by atoms with van der Waals surface area (Å²) in [5.74, 6) is 1.46. The van der Waals surface area contributed by atoms with Crippen LogP contribution in [-0.2, 0) is 9.59 Å². The fourth-order valence-electron chi connectivity index (χ4n) is 5.30. The molecule has 0 N–H and O–H groups in total. The molecule has 3 aliphatic rings. The predicted octanol–water partition coefficient (Wildman–Crippen LogP) is 2.75. The van der Waals surface area contributed by atoms with Crippen molar-refractivity contribution in [2.24, 2.45) is 11.8 Å². The summed E-state index contributed by atoms with van der Waals surface area (Å²) in [6.45, 7) is 9.03.